The van der Waals surface area contributed by atoms with Gasteiger partial charge in [0.1, 0.15) is 0 Å². The molecule has 0 radical (unpaired) electrons. The van der Waals surface area contributed by atoms with Crippen molar-refractivity contribution in [2.75, 3.05) is 19.8 Å². The molecule has 0 unspecified atom stereocenters. The molecule has 7 heteroatoms. The third-order valence-electron chi connectivity index (χ3n) is 4.30. The molecule has 152 valence electrons. The van der Waals surface area contributed by atoms with Crippen LogP contribution in [0.15, 0.2) is 0 Å². The van der Waals surface area contributed by atoms with Crippen LogP contribution < -0.4 is 18.9 Å². The fourth-order valence-electron chi connectivity index (χ4n) is 2.76. The quantitative estimate of drug-likeness (QED) is 0.321. The fraction of sp³-hybridized carbons (Fsp3) is 1.00. The molecule has 1 fully saturated rings. The first-order chi connectivity index (χ1) is 12.1. The average molecular weight is 387 g/mol. The molecule has 1 aliphatic heterocycles. The van der Waals surface area contributed by atoms with E-state index in [0.29, 0.717) is 6.42 Å². The van der Waals surface area contributed by atoms with Gasteiger partial charge < -0.3 is 9.29 Å². The number of rotatable bonds is 4. The Hall–Kier alpha value is 0.427. The average Bonchev–Trinajstić information content (AvgIpc) is 2.55. The van der Waals surface area contributed by atoms with Crippen LogP contribution in [-0.2, 0) is 19.3 Å². The van der Waals surface area contributed by atoms with E-state index < -0.39 is 10.4 Å². The van der Waals surface area contributed by atoms with Crippen molar-refractivity contribution in [3.63, 3.8) is 0 Å². The molecule has 1 rings (SSSR count). The third-order valence-corrected chi connectivity index (χ3v) is 4.76. The van der Waals surface area contributed by atoms with Crippen LogP contribution in [0.5, 0.6) is 0 Å². The van der Waals surface area contributed by atoms with Crippen molar-refractivity contribution in [3.8, 4) is 0 Å². The molecular weight excluding hydrogens is 347 g/mol. The van der Waals surface area contributed by atoms with E-state index in [1.54, 1.807) is 0 Å². The minimum atomic E-state index is -4.45. The summed E-state index contributed by atoms with van der Waals surface area (Å²) in [5.41, 5.74) is 0. The molecule has 0 atom stereocenters. The predicted octanol–water partition coefficient (Wildman–Crippen LogP) is 2.36. The molecule has 1 saturated heterocycles. The number of ether oxygens (including phenoxy) is 1. The number of hydrogen-bond acceptors (Lipinski definition) is 5. The molecule has 0 N–H and O–H groups in total. The Morgan fingerprint density at radius 3 is 1.42 bits per heavy atom. The second-order valence-corrected chi connectivity index (χ2v) is 7.84. The van der Waals surface area contributed by atoms with E-state index in [1.165, 1.54) is 83.5 Å². The zero-order valence-corrected chi connectivity index (χ0v) is 18.0. The molecule has 1 heterocycles. The Bertz CT molecular complexity index is 299. The Morgan fingerprint density at radius 2 is 1.12 bits per heavy atom. The van der Waals surface area contributed by atoms with E-state index >= 15 is 0 Å². The number of hydrogen-bond donors (Lipinski definition) is 0. The maximum atomic E-state index is 9.73. The van der Waals surface area contributed by atoms with Crippen LogP contribution in [0.25, 0.3) is 0 Å². The molecule has 0 aromatic rings. The molecular formula is C19H39LiO5S. The van der Waals surface area contributed by atoms with E-state index in [0.717, 1.165) is 19.6 Å². The minimum absolute atomic E-state index is 0. The minimum Gasteiger partial charge on any atom is -0.726 e. The van der Waals surface area contributed by atoms with Crippen molar-refractivity contribution in [3.05, 3.63) is 0 Å². The molecule has 1 aliphatic rings. The Labute approximate surface area is 174 Å². The molecule has 0 aromatic carbocycles. The third kappa shape index (κ3) is 26.7. The second-order valence-electron chi connectivity index (χ2n) is 6.79. The van der Waals surface area contributed by atoms with Gasteiger partial charge in [-0.05, 0) is 19.3 Å². The zero-order valence-electron chi connectivity index (χ0n) is 17.2. The maximum absolute atomic E-state index is 9.73. The molecule has 0 aliphatic carbocycles. The largest absolute Gasteiger partial charge is 1.00 e. The van der Waals surface area contributed by atoms with E-state index in [-0.39, 0.29) is 25.5 Å². The molecule has 5 nitrogen and oxygen atoms in total. The molecule has 0 bridgehead atoms. The van der Waals surface area contributed by atoms with Crippen molar-refractivity contribution in [2.45, 2.75) is 103 Å². The van der Waals surface area contributed by atoms with Gasteiger partial charge in [-0.1, -0.05) is 84.0 Å². The van der Waals surface area contributed by atoms with Crippen molar-refractivity contribution < 1.29 is 40.8 Å². The van der Waals surface area contributed by atoms with Crippen molar-refractivity contribution in [1.29, 1.82) is 0 Å². The van der Waals surface area contributed by atoms with Crippen LogP contribution in [0.3, 0.4) is 0 Å². The van der Waals surface area contributed by atoms with Gasteiger partial charge in [-0.25, -0.2) is 8.42 Å². The summed E-state index contributed by atoms with van der Waals surface area (Å²) in [5.74, 6) is 0. The van der Waals surface area contributed by atoms with Gasteiger partial charge in [-0.2, -0.15) is 0 Å². The molecule has 0 spiro atoms. The van der Waals surface area contributed by atoms with E-state index in [2.05, 4.69) is 4.18 Å². The van der Waals surface area contributed by atoms with Gasteiger partial charge in [-0.15, -0.1) is 0 Å². The van der Waals surface area contributed by atoms with Crippen LogP contribution >= 0.6 is 0 Å². The summed E-state index contributed by atoms with van der Waals surface area (Å²) in [7, 11) is -4.45. The summed E-state index contributed by atoms with van der Waals surface area (Å²) in [6.45, 7) is 3.88. The van der Waals surface area contributed by atoms with Crippen LogP contribution in [0.2, 0.25) is 0 Å². The zero-order chi connectivity index (χ0) is 18.6. The van der Waals surface area contributed by atoms with Gasteiger partial charge >= 0.3 is 18.9 Å². The van der Waals surface area contributed by atoms with Crippen LogP contribution in [0.1, 0.15) is 103 Å². The first-order valence-corrected chi connectivity index (χ1v) is 11.6. The van der Waals surface area contributed by atoms with E-state index in [9.17, 15) is 13.0 Å². The molecule has 26 heavy (non-hydrogen) atoms. The Balaban J connectivity index is 0. The van der Waals surface area contributed by atoms with E-state index in [1.807, 2.05) is 6.92 Å². The Morgan fingerprint density at radius 1 is 0.769 bits per heavy atom. The topological polar surface area (TPSA) is 75.7 Å². The molecule has 0 amide bonds. The predicted molar refractivity (Wildman–Crippen MR) is 101 cm³/mol. The van der Waals surface area contributed by atoms with Crippen molar-refractivity contribution >= 4 is 10.4 Å². The summed E-state index contributed by atoms with van der Waals surface area (Å²) in [5, 5.41) is 0. The normalized spacial score (nSPS) is 18.8. The van der Waals surface area contributed by atoms with Gasteiger partial charge in [-0.3, -0.25) is 4.18 Å². The monoisotopic (exact) mass is 386 g/mol. The molecule has 0 aromatic heterocycles. The standard InChI is InChI=1S/C15H30O.C4H10O4S.Li/c1-2-4-6-8-10-12-14-16-15-13-11-9-7-5-3-1;1-2-3-4-8-9(5,6)7;/h1-15H2;2-4H2,1H3,(H,5,6,7);/q;;+1/p-1. The van der Waals surface area contributed by atoms with Crippen molar-refractivity contribution in [1.82, 2.24) is 0 Å². The number of unbranched alkanes of at least 4 members (excludes halogenated alkanes) is 1. The second kappa shape index (κ2) is 21.7. The van der Waals surface area contributed by atoms with Crippen LogP contribution in [-0.4, -0.2) is 32.8 Å². The van der Waals surface area contributed by atoms with Gasteiger partial charge in [0.05, 0.1) is 6.61 Å². The molecule has 0 saturated carbocycles. The summed E-state index contributed by atoms with van der Waals surface area (Å²) in [6.07, 6.45) is 19.8. The SMILES string of the molecule is C1CCCCCCCOCCCCCCC1.CCCCOS(=O)(=O)[O-].[Li+]. The first kappa shape index (κ1) is 28.6. The summed E-state index contributed by atoms with van der Waals surface area (Å²) >= 11 is 0. The summed E-state index contributed by atoms with van der Waals surface area (Å²) in [6, 6.07) is 0. The maximum Gasteiger partial charge on any atom is 1.00 e. The van der Waals surface area contributed by atoms with Gasteiger partial charge in [0.15, 0.2) is 0 Å². The fourth-order valence-corrected chi connectivity index (χ4v) is 3.08. The van der Waals surface area contributed by atoms with Gasteiger partial charge in [0, 0.05) is 13.2 Å². The van der Waals surface area contributed by atoms with Crippen LogP contribution in [0.4, 0.5) is 0 Å². The van der Waals surface area contributed by atoms with E-state index in [4.69, 9.17) is 4.74 Å². The van der Waals surface area contributed by atoms with Gasteiger partial charge in [0.2, 0.25) is 10.4 Å². The first-order valence-electron chi connectivity index (χ1n) is 10.2. The summed E-state index contributed by atoms with van der Waals surface area (Å²) < 4.78 is 38.7. The van der Waals surface area contributed by atoms with Gasteiger partial charge in [0.25, 0.3) is 0 Å². The smallest absolute Gasteiger partial charge is 0.726 e. The summed E-state index contributed by atoms with van der Waals surface area (Å²) in [4.78, 5) is 0. The van der Waals surface area contributed by atoms with Crippen molar-refractivity contribution in [2.24, 2.45) is 0 Å². The Kier molecular flexibility index (Phi) is 23.9. The van der Waals surface area contributed by atoms with Crippen LogP contribution in [0, 0.1) is 0 Å².